The van der Waals surface area contributed by atoms with Crippen molar-refractivity contribution in [3.05, 3.63) is 119 Å². The molecular formula is C31H20N4O4. The SMILES string of the molecule is COc1cccc(C2(O)OC(c3c[nH]c4ccccc34)=C(C#N)/C2=C(/C#N)C(=O)c2c[nH]c3ccccc23)c1. The summed E-state index contributed by atoms with van der Waals surface area (Å²) in [6, 6.07) is 25.1. The number of aromatic nitrogens is 2. The minimum atomic E-state index is -2.33. The highest BCUT2D eigenvalue weighted by molar-refractivity contribution is 6.19. The van der Waals surface area contributed by atoms with Gasteiger partial charge >= 0.3 is 0 Å². The Morgan fingerprint density at radius 1 is 0.949 bits per heavy atom. The number of hydrogen-bond donors (Lipinski definition) is 3. The predicted molar refractivity (Wildman–Crippen MR) is 144 cm³/mol. The van der Waals surface area contributed by atoms with Crippen molar-refractivity contribution in [1.82, 2.24) is 9.97 Å². The number of allylic oxidation sites excluding steroid dienone is 1. The molecule has 0 saturated carbocycles. The van der Waals surface area contributed by atoms with Crippen LogP contribution in [-0.4, -0.2) is 28.0 Å². The van der Waals surface area contributed by atoms with Crippen molar-refractivity contribution in [2.24, 2.45) is 0 Å². The number of benzene rings is 3. The Bertz CT molecular complexity index is 1950. The summed E-state index contributed by atoms with van der Waals surface area (Å²) >= 11 is 0. The summed E-state index contributed by atoms with van der Waals surface area (Å²) in [7, 11) is 1.48. The maximum absolute atomic E-state index is 13.9. The molecular weight excluding hydrogens is 492 g/mol. The van der Waals surface area contributed by atoms with Crippen molar-refractivity contribution in [2.75, 3.05) is 7.11 Å². The zero-order valence-corrected chi connectivity index (χ0v) is 20.6. The summed E-state index contributed by atoms with van der Waals surface area (Å²) in [4.78, 5) is 20.1. The van der Waals surface area contributed by atoms with Crippen molar-refractivity contribution < 1.29 is 19.4 Å². The number of nitrogens with one attached hydrogen (secondary N) is 2. The van der Waals surface area contributed by atoms with Gasteiger partial charge < -0.3 is 24.5 Å². The molecule has 8 nitrogen and oxygen atoms in total. The molecule has 8 heteroatoms. The van der Waals surface area contributed by atoms with E-state index in [-0.39, 0.29) is 28.0 Å². The molecule has 0 fully saturated rings. The number of ether oxygens (including phenoxy) is 2. The first kappa shape index (κ1) is 23.8. The average Bonchev–Trinajstić information content (AvgIpc) is 3.68. The lowest BCUT2D eigenvalue weighted by Gasteiger charge is -2.26. The van der Waals surface area contributed by atoms with Crippen molar-refractivity contribution in [3.8, 4) is 17.9 Å². The second kappa shape index (κ2) is 9.07. The van der Waals surface area contributed by atoms with E-state index < -0.39 is 17.1 Å². The summed E-state index contributed by atoms with van der Waals surface area (Å²) in [6.45, 7) is 0. The molecule has 3 N–H and O–H groups in total. The van der Waals surface area contributed by atoms with Crippen LogP contribution in [0.15, 0.2) is 102 Å². The predicted octanol–water partition coefficient (Wildman–Crippen LogP) is 5.47. The fourth-order valence-electron chi connectivity index (χ4n) is 5.03. The van der Waals surface area contributed by atoms with Gasteiger partial charge in [0.1, 0.15) is 29.0 Å². The largest absolute Gasteiger partial charge is 0.497 e. The van der Waals surface area contributed by atoms with E-state index in [1.165, 1.54) is 13.3 Å². The lowest BCUT2D eigenvalue weighted by Crippen LogP contribution is -2.29. The van der Waals surface area contributed by atoms with E-state index in [9.17, 15) is 20.4 Å². The van der Waals surface area contributed by atoms with E-state index in [4.69, 9.17) is 9.47 Å². The molecule has 1 aliphatic heterocycles. The number of H-pyrrole nitrogens is 2. The summed E-state index contributed by atoms with van der Waals surface area (Å²) < 4.78 is 11.6. The fourth-order valence-corrected chi connectivity index (χ4v) is 5.03. The van der Waals surface area contributed by atoms with Gasteiger partial charge in [-0.1, -0.05) is 48.5 Å². The van der Waals surface area contributed by atoms with Crippen LogP contribution in [0.2, 0.25) is 0 Å². The third-order valence-electron chi connectivity index (χ3n) is 6.90. The van der Waals surface area contributed by atoms with Gasteiger partial charge in [0.25, 0.3) is 5.79 Å². The number of para-hydroxylation sites is 2. The van der Waals surface area contributed by atoms with Gasteiger partial charge in [-0.2, -0.15) is 10.5 Å². The number of nitriles is 2. The molecule has 5 aromatic rings. The Morgan fingerprint density at radius 2 is 1.64 bits per heavy atom. The zero-order valence-electron chi connectivity index (χ0n) is 20.6. The maximum atomic E-state index is 13.9. The monoisotopic (exact) mass is 512 g/mol. The highest BCUT2D eigenvalue weighted by Gasteiger charge is 2.50. The normalized spacial score (nSPS) is 18.1. The lowest BCUT2D eigenvalue weighted by atomic mass is 9.86. The van der Waals surface area contributed by atoms with Crippen LogP contribution in [0, 0.1) is 22.7 Å². The number of carbonyl (C=O) groups is 1. The Labute approximate surface area is 222 Å². The fraction of sp³-hybridized carbons (Fsp3) is 0.0645. The molecule has 1 atom stereocenters. The molecule has 1 aliphatic rings. The van der Waals surface area contributed by atoms with Gasteiger partial charge in [-0.15, -0.1) is 0 Å². The van der Waals surface area contributed by atoms with E-state index >= 15 is 0 Å². The molecule has 1 unspecified atom stereocenters. The Hall–Kier alpha value is -5.57. The van der Waals surface area contributed by atoms with Gasteiger partial charge in [0, 0.05) is 50.9 Å². The second-order valence-corrected chi connectivity index (χ2v) is 8.98. The molecule has 6 rings (SSSR count). The van der Waals surface area contributed by atoms with Gasteiger partial charge in [-0.3, -0.25) is 4.79 Å². The Morgan fingerprint density at radius 3 is 2.36 bits per heavy atom. The van der Waals surface area contributed by atoms with E-state index in [1.807, 2.05) is 42.5 Å². The first-order chi connectivity index (χ1) is 19.0. The number of methoxy groups -OCH3 is 1. The topological polar surface area (TPSA) is 135 Å². The number of fused-ring (bicyclic) bond motifs is 2. The van der Waals surface area contributed by atoms with Gasteiger partial charge in [0.15, 0.2) is 5.76 Å². The molecule has 0 amide bonds. The highest BCUT2D eigenvalue weighted by atomic mass is 16.6. The van der Waals surface area contributed by atoms with E-state index in [0.717, 1.165) is 10.9 Å². The van der Waals surface area contributed by atoms with Crippen LogP contribution in [0.4, 0.5) is 0 Å². The molecule has 2 aromatic heterocycles. The number of aliphatic hydroxyl groups is 1. The number of hydrogen-bond acceptors (Lipinski definition) is 6. The van der Waals surface area contributed by atoms with Crippen molar-refractivity contribution in [1.29, 1.82) is 10.5 Å². The van der Waals surface area contributed by atoms with E-state index in [2.05, 4.69) is 16.0 Å². The van der Waals surface area contributed by atoms with Crippen LogP contribution in [0.25, 0.3) is 27.6 Å². The van der Waals surface area contributed by atoms with Crippen LogP contribution in [-0.2, 0) is 10.5 Å². The number of carbonyl (C=O) groups excluding carboxylic acids is 1. The van der Waals surface area contributed by atoms with Crippen LogP contribution in [0.1, 0.15) is 21.5 Å². The molecule has 0 bridgehead atoms. The summed E-state index contributed by atoms with van der Waals surface area (Å²) in [6.07, 6.45) is 3.18. The van der Waals surface area contributed by atoms with Crippen LogP contribution in [0.5, 0.6) is 5.75 Å². The van der Waals surface area contributed by atoms with E-state index in [1.54, 1.807) is 42.6 Å². The average molecular weight is 513 g/mol. The zero-order chi connectivity index (χ0) is 27.1. The molecule has 0 saturated heterocycles. The number of Topliss-reactive ketones (excluding diaryl/α,β-unsaturated/α-hetero) is 1. The molecule has 0 aliphatic carbocycles. The van der Waals surface area contributed by atoms with Gasteiger partial charge in [0.05, 0.1) is 12.7 Å². The second-order valence-electron chi connectivity index (χ2n) is 8.98. The van der Waals surface area contributed by atoms with E-state index in [0.29, 0.717) is 22.2 Å². The third-order valence-corrected chi connectivity index (χ3v) is 6.90. The van der Waals surface area contributed by atoms with Crippen LogP contribution >= 0.6 is 0 Å². The first-order valence-electron chi connectivity index (χ1n) is 12.0. The molecule has 3 heterocycles. The number of nitrogens with zero attached hydrogens (tertiary/aromatic N) is 2. The van der Waals surface area contributed by atoms with Crippen LogP contribution < -0.4 is 4.74 Å². The van der Waals surface area contributed by atoms with Gasteiger partial charge in [-0.25, -0.2) is 0 Å². The molecule has 3 aromatic carbocycles. The molecule has 0 spiro atoms. The third kappa shape index (κ3) is 3.59. The summed E-state index contributed by atoms with van der Waals surface area (Å²) in [5, 5.41) is 34.3. The summed E-state index contributed by atoms with van der Waals surface area (Å²) in [5.41, 5.74) is 1.69. The first-order valence-corrected chi connectivity index (χ1v) is 12.0. The van der Waals surface area contributed by atoms with Crippen molar-refractivity contribution >= 4 is 33.3 Å². The molecule has 39 heavy (non-hydrogen) atoms. The quantitative estimate of drug-likeness (QED) is 0.162. The standard InChI is InChI=1S/C31H20N4O4/c1-38-19-8-6-7-18(13-19)31(37)28(22(14-32)29(36)24-16-34-26-11-4-2-9-20(24)26)23(15-33)30(39-31)25-17-35-27-12-5-3-10-21(25)27/h2-13,16-17,34-35,37H,1H3/b28-22+. The highest BCUT2D eigenvalue weighted by Crippen LogP contribution is 2.50. The maximum Gasteiger partial charge on any atom is 0.264 e. The van der Waals surface area contributed by atoms with Crippen molar-refractivity contribution in [3.63, 3.8) is 0 Å². The number of rotatable bonds is 5. The smallest absolute Gasteiger partial charge is 0.264 e. The number of ketones is 1. The Balaban J connectivity index is 1.65. The molecule has 0 radical (unpaired) electrons. The molecule has 188 valence electrons. The number of aromatic amines is 2. The van der Waals surface area contributed by atoms with Gasteiger partial charge in [-0.05, 0) is 24.3 Å². The van der Waals surface area contributed by atoms with Gasteiger partial charge in [0.2, 0.25) is 5.78 Å². The van der Waals surface area contributed by atoms with Crippen LogP contribution in [0.3, 0.4) is 0 Å². The lowest BCUT2D eigenvalue weighted by molar-refractivity contribution is -0.121. The summed E-state index contributed by atoms with van der Waals surface area (Å²) in [5.74, 6) is -2.51. The minimum Gasteiger partial charge on any atom is -0.497 e. The van der Waals surface area contributed by atoms with Crippen molar-refractivity contribution in [2.45, 2.75) is 5.79 Å². The Kier molecular flexibility index (Phi) is 5.54. The minimum absolute atomic E-state index is 0.0507.